The first-order valence-electron chi connectivity index (χ1n) is 4.43. The molecular weight excluding hydrogens is 196 g/mol. The molecule has 0 radical (unpaired) electrons. The summed E-state index contributed by atoms with van der Waals surface area (Å²) in [5.74, 6) is 0.254. The molecule has 2 N–H and O–H groups in total. The highest BCUT2D eigenvalue weighted by atomic mass is 16.8. The van der Waals surface area contributed by atoms with Crippen molar-refractivity contribution in [3.8, 4) is 0 Å². The SMILES string of the molecule is CC(C)c1ccc(N=[N+]=[N-])c(N([O-])[OH2+])c1. The highest BCUT2D eigenvalue weighted by Gasteiger charge is 2.07. The minimum Gasteiger partial charge on any atom is -0.694 e. The second kappa shape index (κ2) is 4.65. The lowest BCUT2D eigenvalue weighted by molar-refractivity contribution is 0.297. The van der Waals surface area contributed by atoms with Crippen molar-refractivity contribution in [3.63, 3.8) is 0 Å². The molecule has 0 fully saturated rings. The first-order chi connectivity index (χ1) is 7.06. The Balaban J connectivity index is 3.26. The highest BCUT2D eigenvalue weighted by molar-refractivity contribution is 5.67. The molecule has 80 valence electrons. The van der Waals surface area contributed by atoms with E-state index >= 15 is 0 Å². The van der Waals surface area contributed by atoms with Gasteiger partial charge in [-0.25, -0.2) is 0 Å². The topological polar surface area (TPSA) is 98.0 Å². The Morgan fingerprint density at radius 2 is 2.20 bits per heavy atom. The molecule has 0 atom stereocenters. The third kappa shape index (κ3) is 2.60. The molecule has 0 aromatic heterocycles. The van der Waals surface area contributed by atoms with E-state index in [1.54, 1.807) is 18.2 Å². The van der Waals surface area contributed by atoms with Crippen LogP contribution >= 0.6 is 0 Å². The maximum Gasteiger partial charge on any atom is 0.107 e. The van der Waals surface area contributed by atoms with Gasteiger partial charge in [-0.05, 0) is 23.1 Å². The third-order valence-electron chi connectivity index (χ3n) is 2.04. The van der Waals surface area contributed by atoms with Crippen molar-refractivity contribution in [1.29, 1.82) is 0 Å². The zero-order chi connectivity index (χ0) is 11.4. The van der Waals surface area contributed by atoms with E-state index in [2.05, 4.69) is 10.0 Å². The van der Waals surface area contributed by atoms with Crippen molar-refractivity contribution in [2.24, 2.45) is 5.11 Å². The van der Waals surface area contributed by atoms with Crippen LogP contribution in [0.2, 0.25) is 0 Å². The lowest BCUT2D eigenvalue weighted by atomic mass is 10.0. The molecule has 0 heterocycles. The number of hydrogen-bond donors (Lipinski definition) is 0. The fourth-order valence-corrected chi connectivity index (χ4v) is 1.19. The number of benzene rings is 1. The molecular formula is C9H12N4O2. The van der Waals surface area contributed by atoms with Crippen molar-refractivity contribution in [3.05, 3.63) is 39.4 Å². The molecule has 15 heavy (non-hydrogen) atoms. The molecule has 0 aliphatic rings. The van der Waals surface area contributed by atoms with Crippen LogP contribution in [0.3, 0.4) is 0 Å². The van der Waals surface area contributed by atoms with Gasteiger partial charge in [-0.1, -0.05) is 31.1 Å². The highest BCUT2D eigenvalue weighted by Crippen LogP contribution is 2.31. The van der Waals surface area contributed by atoms with E-state index in [-0.39, 0.29) is 22.5 Å². The lowest BCUT2D eigenvalue weighted by Crippen LogP contribution is -2.07. The predicted octanol–water partition coefficient (Wildman–Crippen LogP) is 2.70. The minimum atomic E-state index is -0.0457. The molecule has 6 nitrogen and oxygen atoms in total. The molecule has 0 amide bonds. The van der Waals surface area contributed by atoms with Crippen LogP contribution in [0.1, 0.15) is 25.3 Å². The quantitative estimate of drug-likeness (QED) is 0.251. The summed E-state index contributed by atoms with van der Waals surface area (Å²) in [5.41, 5.74) is 9.45. The van der Waals surface area contributed by atoms with Crippen LogP contribution in [-0.2, 0) is 0 Å². The maximum atomic E-state index is 10.9. The second-order valence-electron chi connectivity index (χ2n) is 3.39. The summed E-state index contributed by atoms with van der Waals surface area (Å²) >= 11 is 0. The van der Waals surface area contributed by atoms with E-state index in [4.69, 9.17) is 10.7 Å². The van der Waals surface area contributed by atoms with E-state index in [0.717, 1.165) is 5.56 Å². The first-order valence-corrected chi connectivity index (χ1v) is 4.43. The van der Waals surface area contributed by atoms with Gasteiger partial charge in [-0.2, -0.15) is 5.23 Å². The van der Waals surface area contributed by atoms with Crippen molar-refractivity contribution in [1.82, 2.24) is 0 Å². The van der Waals surface area contributed by atoms with Crippen LogP contribution < -0.4 is 5.23 Å². The largest absolute Gasteiger partial charge is 0.694 e. The van der Waals surface area contributed by atoms with Crippen molar-refractivity contribution >= 4 is 11.4 Å². The smallest absolute Gasteiger partial charge is 0.107 e. The summed E-state index contributed by atoms with van der Waals surface area (Å²) in [6.07, 6.45) is 0. The van der Waals surface area contributed by atoms with Gasteiger partial charge in [0.1, 0.15) is 5.69 Å². The summed E-state index contributed by atoms with van der Waals surface area (Å²) in [5, 5.41) is 21.2. The fraction of sp³-hybridized carbons (Fsp3) is 0.333. The van der Waals surface area contributed by atoms with Gasteiger partial charge < -0.3 is 10.4 Å². The van der Waals surface area contributed by atoms with Gasteiger partial charge in [-0.15, -0.1) is 0 Å². The summed E-state index contributed by atoms with van der Waals surface area (Å²) in [6, 6.07) is 4.89. The molecule has 1 aromatic rings. The number of anilines is 1. The summed E-state index contributed by atoms with van der Waals surface area (Å²) in [6.45, 7) is 3.96. The summed E-state index contributed by atoms with van der Waals surface area (Å²) < 4.78 is 0. The molecule has 0 aliphatic carbocycles. The van der Waals surface area contributed by atoms with Crippen LogP contribution in [0, 0.1) is 5.21 Å². The Morgan fingerprint density at radius 3 is 2.67 bits per heavy atom. The standard InChI is InChI=1S/C9H11N4O2/c1-6(2)7-3-4-8(11-12-10)9(5-7)13(14)15/h3-6,14H,1-2H3/q-1/p+1. The van der Waals surface area contributed by atoms with Gasteiger partial charge >= 0.3 is 0 Å². The number of nitrogens with zero attached hydrogens (tertiary/aromatic N) is 4. The third-order valence-corrected chi connectivity index (χ3v) is 2.04. The minimum absolute atomic E-state index is 0.0457. The normalized spacial score (nSPS) is 9.93. The van der Waals surface area contributed by atoms with Crippen LogP contribution in [0.25, 0.3) is 10.4 Å². The number of hydrogen-bond acceptors (Lipinski definition) is 3. The monoisotopic (exact) mass is 208 g/mol. The van der Waals surface area contributed by atoms with E-state index in [0.29, 0.717) is 0 Å². The van der Waals surface area contributed by atoms with Crippen molar-refractivity contribution in [2.75, 3.05) is 5.23 Å². The van der Waals surface area contributed by atoms with Gasteiger partial charge in [-0.3, -0.25) is 0 Å². The van der Waals surface area contributed by atoms with E-state index in [9.17, 15) is 5.21 Å². The molecule has 1 aromatic carbocycles. The predicted molar refractivity (Wildman–Crippen MR) is 58.8 cm³/mol. The average molecular weight is 208 g/mol. The summed E-state index contributed by atoms with van der Waals surface area (Å²) in [4.78, 5) is 2.60. The summed E-state index contributed by atoms with van der Waals surface area (Å²) in [7, 11) is 0. The molecule has 0 unspecified atom stereocenters. The lowest BCUT2D eigenvalue weighted by Gasteiger charge is -2.19. The van der Waals surface area contributed by atoms with Crippen LogP contribution in [0.5, 0.6) is 0 Å². The van der Waals surface area contributed by atoms with Crippen LogP contribution in [-0.4, -0.2) is 5.21 Å². The Bertz CT molecular complexity index is 397. The average Bonchev–Trinajstić information content (AvgIpc) is 2.18. The molecule has 0 saturated heterocycles. The number of azide groups is 1. The number of rotatable bonds is 3. The van der Waals surface area contributed by atoms with E-state index < -0.39 is 0 Å². The van der Waals surface area contributed by atoms with E-state index in [1.165, 1.54) is 0 Å². The van der Waals surface area contributed by atoms with Gasteiger partial charge in [0.15, 0.2) is 0 Å². The molecule has 0 saturated carbocycles. The fourth-order valence-electron chi connectivity index (χ4n) is 1.19. The van der Waals surface area contributed by atoms with E-state index in [1.807, 2.05) is 13.8 Å². The van der Waals surface area contributed by atoms with Gasteiger partial charge in [0.2, 0.25) is 0 Å². The molecule has 6 heteroatoms. The van der Waals surface area contributed by atoms with Gasteiger partial charge in [0, 0.05) is 4.91 Å². The molecule has 0 aliphatic heterocycles. The second-order valence-corrected chi connectivity index (χ2v) is 3.39. The Morgan fingerprint density at radius 1 is 1.53 bits per heavy atom. The zero-order valence-corrected chi connectivity index (χ0v) is 8.51. The van der Waals surface area contributed by atoms with Gasteiger partial charge in [0.05, 0.1) is 5.69 Å². The maximum absolute atomic E-state index is 10.9. The first kappa shape index (κ1) is 11.3. The van der Waals surface area contributed by atoms with Crippen molar-refractivity contribution < 1.29 is 5.21 Å². The molecule has 0 spiro atoms. The Kier molecular flexibility index (Phi) is 3.51. The van der Waals surface area contributed by atoms with Crippen LogP contribution in [0.4, 0.5) is 11.4 Å². The van der Waals surface area contributed by atoms with Gasteiger partial charge in [0.25, 0.3) is 0 Å². The molecule has 0 bridgehead atoms. The van der Waals surface area contributed by atoms with Crippen LogP contribution in [0.15, 0.2) is 23.3 Å². The Hall–Kier alpha value is -1.75. The van der Waals surface area contributed by atoms with Crippen molar-refractivity contribution in [2.45, 2.75) is 19.8 Å². The molecule has 1 rings (SSSR count). The Labute approximate surface area is 86.9 Å². The zero-order valence-electron chi connectivity index (χ0n) is 8.51.